The third kappa shape index (κ3) is 4.38. The number of carbonyl (C=O) groups excluding carboxylic acids is 1. The van der Waals surface area contributed by atoms with E-state index in [0.29, 0.717) is 12.3 Å². The molecule has 1 saturated heterocycles. The molecule has 140 valence electrons. The fourth-order valence-electron chi connectivity index (χ4n) is 3.18. The standard InChI is InChI=1S/C20H27N3O3/c1-15(2)21-20(24)19-9-8-16(26-19)14-22-10-12-23(13-11-22)17-6-4-5-7-18(17)25-3/h4-9,15H,10-14H2,1-3H3,(H,21,24). The molecule has 0 aliphatic carbocycles. The Morgan fingerprint density at radius 3 is 2.58 bits per heavy atom. The zero-order valence-electron chi connectivity index (χ0n) is 15.7. The van der Waals surface area contributed by atoms with Gasteiger partial charge in [-0.1, -0.05) is 12.1 Å². The summed E-state index contributed by atoms with van der Waals surface area (Å²) in [7, 11) is 1.71. The Kier molecular flexibility index (Phi) is 5.83. The zero-order chi connectivity index (χ0) is 18.5. The minimum absolute atomic E-state index is 0.0964. The first-order valence-corrected chi connectivity index (χ1v) is 9.06. The highest BCUT2D eigenvalue weighted by Gasteiger charge is 2.21. The van der Waals surface area contributed by atoms with Gasteiger partial charge in [0.25, 0.3) is 5.91 Å². The van der Waals surface area contributed by atoms with E-state index in [4.69, 9.17) is 9.15 Å². The molecular weight excluding hydrogens is 330 g/mol. The van der Waals surface area contributed by atoms with E-state index < -0.39 is 0 Å². The molecule has 6 nitrogen and oxygen atoms in total. The van der Waals surface area contributed by atoms with E-state index in [1.165, 1.54) is 0 Å². The molecule has 0 bridgehead atoms. The van der Waals surface area contributed by atoms with Gasteiger partial charge in [0.2, 0.25) is 0 Å². The first-order chi connectivity index (χ1) is 12.6. The molecule has 1 amide bonds. The smallest absolute Gasteiger partial charge is 0.287 e. The van der Waals surface area contributed by atoms with Crippen molar-refractivity contribution in [3.63, 3.8) is 0 Å². The van der Waals surface area contributed by atoms with Gasteiger partial charge in [-0.25, -0.2) is 0 Å². The van der Waals surface area contributed by atoms with Gasteiger partial charge in [0, 0.05) is 32.2 Å². The van der Waals surface area contributed by atoms with Crippen LogP contribution in [0.1, 0.15) is 30.2 Å². The van der Waals surface area contributed by atoms with Gasteiger partial charge in [0.05, 0.1) is 19.3 Å². The van der Waals surface area contributed by atoms with E-state index >= 15 is 0 Å². The Labute approximate surface area is 154 Å². The largest absolute Gasteiger partial charge is 0.495 e. The number of methoxy groups -OCH3 is 1. The minimum atomic E-state index is -0.160. The molecule has 3 rings (SSSR count). The van der Waals surface area contributed by atoms with Crippen molar-refractivity contribution in [2.75, 3.05) is 38.2 Å². The second-order valence-electron chi connectivity index (χ2n) is 6.83. The lowest BCUT2D eigenvalue weighted by molar-refractivity contribution is 0.0911. The number of amides is 1. The summed E-state index contributed by atoms with van der Waals surface area (Å²) < 4.78 is 11.2. The Morgan fingerprint density at radius 2 is 1.88 bits per heavy atom. The summed E-state index contributed by atoms with van der Waals surface area (Å²) in [6.07, 6.45) is 0. The van der Waals surface area contributed by atoms with Gasteiger partial charge in [-0.05, 0) is 38.1 Å². The van der Waals surface area contributed by atoms with Crippen molar-refractivity contribution in [2.24, 2.45) is 0 Å². The molecule has 2 heterocycles. The molecule has 0 saturated carbocycles. The fraction of sp³-hybridized carbons (Fsp3) is 0.450. The number of nitrogens with one attached hydrogen (secondary N) is 1. The first-order valence-electron chi connectivity index (χ1n) is 9.06. The number of ether oxygens (including phenoxy) is 1. The molecular formula is C20H27N3O3. The average Bonchev–Trinajstić information content (AvgIpc) is 3.10. The number of furan rings is 1. The van der Waals surface area contributed by atoms with E-state index in [-0.39, 0.29) is 11.9 Å². The summed E-state index contributed by atoms with van der Waals surface area (Å²) in [5.74, 6) is 1.95. The monoisotopic (exact) mass is 357 g/mol. The average molecular weight is 357 g/mol. The number of rotatable bonds is 6. The number of nitrogens with zero attached hydrogens (tertiary/aromatic N) is 2. The van der Waals surface area contributed by atoms with Crippen LogP contribution in [0.5, 0.6) is 5.75 Å². The van der Waals surface area contributed by atoms with Crippen molar-refractivity contribution >= 4 is 11.6 Å². The summed E-state index contributed by atoms with van der Waals surface area (Å²) in [6.45, 7) is 8.32. The number of hydrogen-bond donors (Lipinski definition) is 1. The van der Waals surface area contributed by atoms with Crippen molar-refractivity contribution < 1.29 is 13.9 Å². The highest BCUT2D eigenvalue weighted by Crippen LogP contribution is 2.28. The zero-order valence-corrected chi connectivity index (χ0v) is 15.7. The van der Waals surface area contributed by atoms with E-state index in [9.17, 15) is 4.79 Å². The van der Waals surface area contributed by atoms with E-state index in [0.717, 1.165) is 43.4 Å². The van der Waals surface area contributed by atoms with Crippen LogP contribution in [-0.2, 0) is 6.54 Å². The highest BCUT2D eigenvalue weighted by atomic mass is 16.5. The third-order valence-electron chi connectivity index (χ3n) is 4.48. The van der Waals surface area contributed by atoms with Crippen molar-refractivity contribution in [1.29, 1.82) is 0 Å². The molecule has 26 heavy (non-hydrogen) atoms. The predicted molar refractivity (Wildman–Crippen MR) is 102 cm³/mol. The molecule has 1 aromatic heterocycles. The minimum Gasteiger partial charge on any atom is -0.495 e. The van der Waals surface area contributed by atoms with Crippen LogP contribution in [-0.4, -0.2) is 50.1 Å². The molecule has 1 N–H and O–H groups in total. The Hall–Kier alpha value is -2.47. The van der Waals surface area contributed by atoms with Crippen LogP contribution < -0.4 is 15.0 Å². The highest BCUT2D eigenvalue weighted by molar-refractivity contribution is 5.91. The third-order valence-corrected chi connectivity index (χ3v) is 4.48. The maximum atomic E-state index is 12.0. The Morgan fingerprint density at radius 1 is 1.15 bits per heavy atom. The van der Waals surface area contributed by atoms with Gasteiger partial charge in [-0.3, -0.25) is 9.69 Å². The predicted octanol–water partition coefficient (Wildman–Crippen LogP) is 2.75. The summed E-state index contributed by atoms with van der Waals surface area (Å²) in [5, 5.41) is 2.85. The van der Waals surface area contributed by atoms with E-state index in [1.807, 2.05) is 38.1 Å². The van der Waals surface area contributed by atoms with Crippen molar-refractivity contribution in [3.05, 3.63) is 47.9 Å². The van der Waals surface area contributed by atoms with E-state index in [2.05, 4.69) is 21.2 Å². The molecule has 6 heteroatoms. The number of carbonyl (C=O) groups is 1. The number of anilines is 1. The maximum Gasteiger partial charge on any atom is 0.287 e. The fourth-order valence-corrected chi connectivity index (χ4v) is 3.18. The lowest BCUT2D eigenvalue weighted by Gasteiger charge is -2.36. The van der Waals surface area contributed by atoms with Crippen molar-refractivity contribution in [1.82, 2.24) is 10.2 Å². The van der Waals surface area contributed by atoms with Crippen LogP contribution in [0.3, 0.4) is 0 Å². The van der Waals surface area contributed by atoms with Gasteiger partial charge < -0.3 is 19.4 Å². The van der Waals surface area contributed by atoms with Gasteiger partial charge in [0.15, 0.2) is 5.76 Å². The van der Waals surface area contributed by atoms with Crippen molar-refractivity contribution in [2.45, 2.75) is 26.4 Å². The summed E-state index contributed by atoms with van der Waals surface area (Å²) in [5.41, 5.74) is 1.14. The van der Waals surface area contributed by atoms with Crippen LogP contribution in [0.4, 0.5) is 5.69 Å². The van der Waals surface area contributed by atoms with Crippen LogP contribution >= 0.6 is 0 Å². The quantitative estimate of drug-likeness (QED) is 0.861. The van der Waals surface area contributed by atoms with Crippen LogP contribution in [0.25, 0.3) is 0 Å². The van der Waals surface area contributed by atoms with Crippen LogP contribution in [0.2, 0.25) is 0 Å². The SMILES string of the molecule is COc1ccccc1N1CCN(Cc2ccc(C(=O)NC(C)C)o2)CC1. The van der Waals surface area contributed by atoms with Crippen molar-refractivity contribution in [3.8, 4) is 5.75 Å². The molecule has 0 atom stereocenters. The lowest BCUT2D eigenvalue weighted by Crippen LogP contribution is -2.46. The molecule has 1 aliphatic heterocycles. The topological polar surface area (TPSA) is 58.0 Å². The maximum absolute atomic E-state index is 12.0. The second kappa shape index (κ2) is 8.27. The number of hydrogen-bond acceptors (Lipinski definition) is 5. The van der Waals surface area contributed by atoms with E-state index in [1.54, 1.807) is 13.2 Å². The molecule has 1 fully saturated rings. The Bertz CT molecular complexity index is 733. The molecule has 0 unspecified atom stereocenters. The summed E-state index contributed by atoms with van der Waals surface area (Å²) >= 11 is 0. The molecule has 1 aromatic carbocycles. The molecule has 0 spiro atoms. The molecule has 2 aromatic rings. The first kappa shape index (κ1) is 18.3. The second-order valence-corrected chi connectivity index (χ2v) is 6.83. The number of piperazine rings is 1. The molecule has 1 aliphatic rings. The normalized spacial score (nSPS) is 15.3. The Balaban J connectivity index is 1.54. The summed E-state index contributed by atoms with van der Waals surface area (Å²) in [6, 6.07) is 11.9. The number of para-hydroxylation sites is 2. The van der Waals surface area contributed by atoms with Gasteiger partial charge in [-0.15, -0.1) is 0 Å². The van der Waals surface area contributed by atoms with Gasteiger partial charge in [0.1, 0.15) is 11.5 Å². The van der Waals surface area contributed by atoms with Gasteiger partial charge >= 0.3 is 0 Å². The summed E-state index contributed by atoms with van der Waals surface area (Å²) in [4.78, 5) is 16.7. The molecule has 0 radical (unpaired) electrons. The van der Waals surface area contributed by atoms with Crippen LogP contribution in [0.15, 0.2) is 40.8 Å². The number of benzene rings is 1. The van der Waals surface area contributed by atoms with Crippen LogP contribution in [0, 0.1) is 0 Å². The lowest BCUT2D eigenvalue weighted by atomic mass is 10.2. The van der Waals surface area contributed by atoms with Gasteiger partial charge in [-0.2, -0.15) is 0 Å².